The van der Waals surface area contributed by atoms with Crippen molar-refractivity contribution < 1.29 is 9.59 Å². The molecule has 29 heavy (non-hydrogen) atoms. The van der Waals surface area contributed by atoms with Crippen LogP contribution < -0.4 is 0 Å². The van der Waals surface area contributed by atoms with Crippen molar-refractivity contribution in [1.82, 2.24) is 14.7 Å². The van der Waals surface area contributed by atoms with Gasteiger partial charge in [0.1, 0.15) is 0 Å². The largest absolute Gasteiger partial charge is 0.277 e. The zero-order valence-corrected chi connectivity index (χ0v) is 15.9. The molecule has 1 fully saturated rings. The van der Waals surface area contributed by atoms with Gasteiger partial charge in [-0.3, -0.25) is 14.5 Å². The molecule has 2 aromatic carbocycles. The molecule has 0 saturated carbocycles. The second-order valence-corrected chi connectivity index (χ2v) is 7.57. The lowest BCUT2D eigenvalue weighted by Crippen LogP contribution is -2.30. The normalized spacial score (nSPS) is 20.9. The van der Waals surface area contributed by atoms with E-state index in [1.807, 2.05) is 83.7 Å². The summed E-state index contributed by atoms with van der Waals surface area (Å²) in [5.74, 6) is -0.541. The van der Waals surface area contributed by atoms with Crippen LogP contribution in [0.3, 0.4) is 0 Å². The molecule has 0 N–H and O–H groups in total. The molecule has 1 saturated heterocycles. The number of carbonyl (C=O) groups is 2. The third kappa shape index (κ3) is 3.09. The molecule has 144 valence electrons. The summed E-state index contributed by atoms with van der Waals surface area (Å²) in [6, 6.07) is 19.7. The number of nitrogens with zero attached hydrogens (tertiary/aromatic N) is 3. The number of carbonyl (C=O) groups excluding carboxylic acids is 2. The molecule has 5 nitrogen and oxygen atoms in total. The summed E-state index contributed by atoms with van der Waals surface area (Å²) in [6.07, 6.45) is 7.26. The fourth-order valence-corrected chi connectivity index (χ4v) is 4.27. The lowest BCUT2D eigenvalue weighted by Gasteiger charge is -2.14. The first-order chi connectivity index (χ1) is 14.2. The second kappa shape index (κ2) is 7.17. The molecule has 3 aromatic rings. The van der Waals surface area contributed by atoms with Crippen LogP contribution in [0.2, 0.25) is 0 Å². The Labute approximate surface area is 169 Å². The number of fused-ring (bicyclic) bond motifs is 1. The Balaban J connectivity index is 1.53. The molecular formula is C24H21N3O2. The van der Waals surface area contributed by atoms with E-state index in [9.17, 15) is 9.59 Å². The van der Waals surface area contributed by atoms with Gasteiger partial charge >= 0.3 is 0 Å². The van der Waals surface area contributed by atoms with E-state index in [1.165, 1.54) is 4.90 Å². The van der Waals surface area contributed by atoms with Crippen LogP contribution in [0.25, 0.3) is 16.9 Å². The van der Waals surface area contributed by atoms with Gasteiger partial charge in [0.15, 0.2) is 0 Å². The summed E-state index contributed by atoms with van der Waals surface area (Å²) < 4.78 is 1.82. The Morgan fingerprint density at radius 2 is 1.41 bits per heavy atom. The number of benzene rings is 2. The topological polar surface area (TPSA) is 55.2 Å². The third-order valence-electron chi connectivity index (χ3n) is 5.79. The molecule has 2 amide bonds. The van der Waals surface area contributed by atoms with Gasteiger partial charge in [0.25, 0.3) is 0 Å². The van der Waals surface area contributed by atoms with Gasteiger partial charge in [-0.1, -0.05) is 60.7 Å². The molecule has 1 aromatic heterocycles. The maximum atomic E-state index is 12.9. The van der Waals surface area contributed by atoms with Crippen molar-refractivity contribution in [3.63, 3.8) is 0 Å². The van der Waals surface area contributed by atoms with Gasteiger partial charge in [0.05, 0.1) is 29.8 Å². The molecule has 1 aliphatic carbocycles. The number of aromatic nitrogens is 2. The van der Waals surface area contributed by atoms with Crippen molar-refractivity contribution in [2.24, 2.45) is 11.8 Å². The van der Waals surface area contributed by atoms with Crippen LogP contribution in [0.4, 0.5) is 0 Å². The van der Waals surface area contributed by atoms with E-state index in [1.54, 1.807) is 0 Å². The van der Waals surface area contributed by atoms with Crippen LogP contribution in [-0.2, 0) is 16.1 Å². The van der Waals surface area contributed by atoms with E-state index >= 15 is 0 Å². The smallest absolute Gasteiger partial charge is 0.233 e. The quantitative estimate of drug-likeness (QED) is 0.506. The predicted molar refractivity (Wildman–Crippen MR) is 110 cm³/mol. The fraction of sp³-hybridized carbons (Fsp3) is 0.208. The number of allylic oxidation sites excluding steroid dienone is 2. The summed E-state index contributed by atoms with van der Waals surface area (Å²) >= 11 is 0. The highest BCUT2D eigenvalue weighted by molar-refractivity contribution is 6.05. The first-order valence-electron chi connectivity index (χ1n) is 9.92. The van der Waals surface area contributed by atoms with Crippen LogP contribution in [-0.4, -0.2) is 26.5 Å². The number of rotatable bonds is 4. The lowest BCUT2D eigenvalue weighted by molar-refractivity contribution is -0.140. The number of likely N-dealkylation sites (tertiary alicyclic amines) is 1. The van der Waals surface area contributed by atoms with Crippen LogP contribution in [0.15, 0.2) is 79.0 Å². The van der Waals surface area contributed by atoms with Crippen molar-refractivity contribution in [3.8, 4) is 16.9 Å². The molecule has 5 heteroatoms. The Morgan fingerprint density at radius 1 is 0.828 bits per heavy atom. The van der Waals surface area contributed by atoms with E-state index in [0.29, 0.717) is 12.8 Å². The Morgan fingerprint density at radius 3 is 2.03 bits per heavy atom. The van der Waals surface area contributed by atoms with Gasteiger partial charge < -0.3 is 0 Å². The van der Waals surface area contributed by atoms with E-state index < -0.39 is 0 Å². The molecule has 2 aliphatic rings. The maximum absolute atomic E-state index is 12.9. The Bertz CT molecular complexity index is 1060. The monoisotopic (exact) mass is 383 g/mol. The summed E-state index contributed by atoms with van der Waals surface area (Å²) in [5.41, 5.74) is 3.57. The zero-order chi connectivity index (χ0) is 19.8. The first kappa shape index (κ1) is 17.6. The fourth-order valence-electron chi connectivity index (χ4n) is 4.27. The summed E-state index contributed by atoms with van der Waals surface area (Å²) in [5, 5.41) is 4.79. The number of imide groups is 1. The number of amides is 2. The highest BCUT2D eigenvalue weighted by Crippen LogP contribution is 2.36. The molecule has 2 heterocycles. The standard InChI is InChI=1S/C24H21N3O2/c28-23-20-13-7-8-14-21(20)24(29)26(23)15-18-16-27(19-11-5-2-6-12-19)25-22(18)17-9-3-1-4-10-17/h1-12,16,20-21H,13-15H2/t20-,21-/m1/s1. The Hall–Kier alpha value is -3.47. The van der Waals surface area contributed by atoms with Crippen LogP contribution in [0, 0.1) is 11.8 Å². The minimum atomic E-state index is -0.211. The predicted octanol–water partition coefficient (Wildman–Crippen LogP) is 3.99. The van der Waals surface area contributed by atoms with Crippen LogP contribution >= 0.6 is 0 Å². The molecule has 0 spiro atoms. The average Bonchev–Trinajstić information content (AvgIpc) is 3.31. The minimum Gasteiger partial charge on any atom is -0.277 e. The summed E-state index contributed by atoms with van der Waals surface area (Å²) in [7, 11) is 0. The van der Waals surface area contributed by atoms with E-state index in [-0.39, 0.29) is 30.2 Å². The van der Waals surface area contributed by atoms with Crippen LogP contribution in [0.1, 0.15) is 18.4 Å². The van der Waals surface area contributed by atoms with Crippen LogP contribution in [0.5, 0.6) is 0 Å². The highest BCUT2D eigenvalue weighted by Gasteiger charge is 2.47. The van der Waals surface area contributed by atoms with E-state index in [2.05, 4.69) is 0 Å². The molecule has 0 radical (unpaired) electrons. The Kier molecular flexibility index (Phi) is 4.35. The average molecular weight is 383 g/mol. The molecular weight excluding hydrogens is 362 g/mol. The SMILES string of the molecule is O=C1[C@@H]2CC=CC[C@H]2C(=O)N1Cc1cn(-c2ccccc2)nc1-c1ccccc1. The van der Waals surface area contributed by atoms with Crippen molar-refractivity contribution in [1.29, 1.82) is 0 Å². The third-order valence-corrected chi connectivity index (χ3v) is 5.79. The summed E-state index contributed by atoms with van der Waals surface area (Å²) in [6.45, 7) is 0.252. The van der Waals surface area contributed by atoms with Crippen molar-refractivity contribution in [2.75, 3.05) is 0 Å². The van der Waals surface area contributed by atoms with Gasteiger partial charge in [-0.2, -0.15) is 5.10 Å². The maximum Gasteiger partial charge on any atom is 0.233 e. The molecule has 2 atom stereocenters. The molecule has 0 bridgehead atoms. The molecule has 5 rings (SSSR count). The zero-order valence-electron chi connectivity index (χ0n) is 15.9. The van der Waals surface area contributed by atoms with Gasteiger partial charge in [0, 0.05) is 17.3 Å². The van der Waals surface area contributed by atoms with Gasteiger partial charge in [-0.15, -0.1) is 0 Å². The lowest BCUT2D eigenvalue weighted by atomic mass is 9.85. The van der Waals surface area contributed by atoms with E-state index in [4.69, 9.17) is 5.10 Å². The minimum absolute atomic E-state index is 0.0594. The van der Waals surface area contributed by atoms with Crippen molar-refractivity contribution in [3.05, 3.63) is 84.6 Å². The number of para-hydroxylation sites is 1. The first-order valence-corrected chi connectivity index (χ1v) is 9.92. The van der Waals surface area contributed by atoms with E-state index in [0.717, 1.165) is 22.5 Å². The molecule has 0 unspecified atom stereocenters. The van der Waals surface area contributed by atoms with Gasteiger partial charge in [0.2, 0.25) is 11.8 Å². The summed E-state index contributed by atoms with van der Waals surface area (Å²) in [4.78, 5) is 27.3. The number of hydrogen-bond donors (Lipinski definition) is 0. The second-order valence-electron chi connectivity index (χ2n) is 7.57. The molecule has 1 aliphatic heterocycles. The van der Waals surface area contributed by atoms with Crippen molar-refractivity contribution in [2.45, 2.75) is 19.4 Å². The van der Waals surface area contributed by atoms with Crippen molar-refractivity contribution >= 4 is 11.8 Å². The number of hydrogen-bond acceptors (Lipinski definition) is 3. The highest BCUT2D eigenvalue weighted by atomic mass is 16.2. The van der Waals surface area contributed by atoms with Gasteiger partial charge in [-0.05, 0) is 25.0 Å². The van der Waals surface area contributed by atoms with Gasteiger partial charge in [-0.25, -0.2) is 4.68 Å².